The Morgan fingerprint density at radius 2 is 1.80 bits per heavy atom. The summed E-state index contributed by atoms with van der Waals surface area (Å²) in [5.74, 6) is 0. The summed E-state index contributed by atoms with van der Waals surface area (Å²) in [6, 6.07) is 9.20. The fourth-order valence-electron chi connectivity index (χ4n) is 2.74. The molecule has 2 aromatic rings. The van der Waals surface area contributed by atoms with Crippen LogP contribution in [0.4, 0.5) is 0 Å². The van der Waals surface area contributed by atoms with Crippen LogP contribution >= 0.6 is 0 Å². The molecule has 0 aliphatic heterocycles. The van der Waals surface area contributed by atoms with E-state index in [1.807, 2.05) is 18.8 Å². The minimum atomic E-state index is 0.398. The van der Waals surface area contributed by atoms with Gasteiger partial charge in [-0.15, -0.1) is 0 Å². The van der Waals surface area contributed by atoms with E-state index in [0.29, 0.717) is 6.04 Å². The van der Waals surface area contributed by atoms with E-state index < -0.39 is 0 Å². The molecule has 1 heterocycles. The van der Waals surface area contributed by atoms with Crippen LogP contribution in [0.3, 0.4) is 0 Å². The Morgan fingerprint density at radius 1 is 1.15 bits per heavy atom. The van der Waals surface area contributed by atoms with Crippen molar-refractivity contribution in [2.45, 2.75) is 39.7 Å². The number of rotatable bonds is 5. The van der Waals surface area contributed by atoms with Gasteiger partial charge in [0.2, 0.25) is 0 Å². The predicted octanol–water partition coefficient (Wildman–Crippen LogP) is 3.24. The highest BCUT2D eigenvalue weighted by Gasteiger charge is 2.13. The molecule has 1 N–H and O–H groups in total. The van der Waals surface area contributed by atoms with Gasteiger partial charge >= 0.3 is 0 Å². The second-order valence-electron chi connectivity index (χ2n) is 5.56. The molecular formula is C17H25N3. The number of hydrogen-bond acceptors (Lipinski definition) is 2. The minimum absolute atomic E-state index is 0.398. The van der Waals surface area contributed by atoms with Crippen molar-refractivity contribution in [3.63, 3.8) is 0 Å². The summed E-state index contributed by atoms with van der Waals surface area (Å²) >= 11 is 0. The van der Waals surface area contributed by atoms with E-state index in [9.17, 15) is 0 Å². The van der Waals surface area contributed by atoms with E-state index >= 15 is 0 Å². The molecule has 3 nitrogen and oxygen atoms in total. The lowest BCUT2D eigenvalue weighted by molar-refractivity contribution is 0.547. The number of nitrogens with one attached hydrogen (secondary N) is 1. The maximum absolute atomic E-state index is 4.49. The smallest absolute Gasteiger partial charge is 0.0628 e. The molecule has 1 unspecified atom stereocenters. The zero-order valence-electron chi connectivity index (χ0n) is 13.2. The minimum Gasteiger partial charge on any atom is -0.313 e. The van der Waals surface area contributed by atoms with Crippen LogP contribution in [0.25, 0.3) is 0 Å². The number of aromatic nitrogens is 2. The first kappa shape index (κ1) is 14.8. The second kappa shape index (κ2) is 6.23. The fourth-order valence-corrected chi connectivity index (χ4v) is 2.74. The maximum Gasteiger partial charge on any atom is 0.0628 e. The predicted molar refractivity (Wildman–Crippen MR) is 84.0 cm³/mol. The van der Waals surface area contributed by atoms with Crippen LogP contribution < -0.4 is 5.32 Å². The summed E-state index contributed by atoms with van der Waals surface area (Å²) in [5.41, 5.74) is 6.49. The van der Waals surface area contributed by atoms with Gasteiger partial charge in [-0.25, -0.2) is 0 Å². The zero-order valence-corrected chi connectivity index (χ0v) is 13.2. The monoisotopic (exact) mass is 271 g/mol. The summed E-state index contributed by atoms with van der Waals surface area (Å²) in [6.07, 6.45) is 2.15. The largest absolute Gasteiger partial charge is 0.313 e. The van der Waals surface area contributed by atoms with Gasteiger partial charge in [-0.3, -0.25) is 4.68 Å². The average molecular weight is 271 g/mol. The van der Waals surface area contributed by atoms with Gasteiger partial charge in [0.25, 0.3) is 0 Å². The van der Waals surface area contributed by atoms with Crippen molar-refractivity contribution in [1.29, 1.82) is 0 Å². The first-order valence-corrected chi connectivity index (χ1v) is 7.25. The Morgan fingerprint density at radius 3 is 2.30 bits per heavy atom. The molecule has 0 bridgehead atoms. The third-order valence-corrected chi connectivity index (χ3v) is 4.17. The third kappa shape index (κ3) is 3.10. The van der Waals surface area contributed by atoms with Crippen molar-refractivity contribution in [3.05, 3.63) is 52.3 Å². The van der Waals surface area contributed by atoms with Gasteiger partial charge in [0, 0.05) is 18.8 Å². The molecule has 3 heteroatoms. The van der Waals surface area contributed by atoms with Gasteiger partial charge in [-0.05, 0) is 51.8 Å². The number of aryl methyl sites for hydroxylation is 3. The Labute approximate surface area is 122 Å². The van der Waals surface area contributed by atoms with E-state index in [4.69, 9.17) is 0 Å². The van der Waals surface area contributed by atoms with Gasteiger partial charge in [0.05, 0.1) is 5.69 Å². The maximum atomic E-state index is 4.49. The molecule has 0 aliphatic rings. The van der Waals surface area contributed by atoms with E-state index in [-0.39, 0.29) is 0 Å². The molecule has 2 rings (SSSR count). The molecule has 1 aromatic heterocycles. The molecule has 1 atom stereocenters. The topological polar surface area (TPSA) is 29.9 Å². The molecule has 20 heavy (non-hydrogen) atoms. The fraction of sp³-hybridized carbons (Fsp3) is 0.471. The van der Waals surface area contributed by atoms with Crippen molar-refractivity contribution >= 4 is 0 Å². The van der Waals surface area contributed by atoms with Gasteiger partial charge in [0.15, 0.2) is 0 Å². The normalized spacial score (nSPS) is 12.7. The van der Waals surface area contributed by atoms with Crippen molar-refractivity contribution in [1.82, 2.24) is 15.1 Å². The molecule has 0 spiro atoms. The molecular weight excluding hydrogens is 246 g/mol. The lowest BCUT2D eigenvalue weighted by atomic mass is 9.97. The number of hydrogen-bond donors (Lipinski definition) is 1. The highest BCUT2D eigenvalue weighted by Crippen LogP contribution is 2.22. The summed E-state index contributed by atoms with van der Waals surface area (Å²) in [4.78, 5) is 0. The van der Waals surface area contributed by atoms with Crippen molar-refractivity contribution in [2.24, 2.45) is 7.05 Å². The Bertz CT molecular complexity index is 567. The Balaban J connectivity index is 2.09. The van der Waals surface area contributed by atoms with E-state index in [1.165, 1.54) is 22.4 Å². The van der Waals surface area contributed by atoms with Crippen molar-refractivity contribution in [2.75, 3.05) is 7.05 Å². The molecule has 0 amide bonds. The van der Waals surface area contributed by atoms with Crippen LogP contribution in [-0.2, 0) is 13.5 Å². The van der Waals surface area contributed by atoms with Crippen LogP contribution in [0.15, 0.2) is 24.3 Å². The highest BCUT2D eigenvalue weighted by molar-refractivity contribution is 5.27. The number of nitrogens with zero attached hydrogens (tertiary/aromatic N) is 2. The first-order valence-electron chi connectivity index (χ1n) is 7.25. The van der Waals surface area contributed by atoms with Gasteiger partial charge in [-0.2, -0.15) is 5.10 Å². The standard InChI is InChI=1S/C17H25N3/c1-12-6-8-15(9-7-12)17(18-4)11-10-16-13(2)19-20(5)14(16)3/h6-9,17-18H,10-11H2,1-5H3. The Hall–Kier alpha value is -1.61. The molecule has 0 saturated carbocycles. The molecule has 0 fully saturated rings. The summed E-state index contributed by atoms with van der Waals surface area (Å²) in [7, 11) is 4.05. The van der Waals surface area contributed by atoms with Crippen LogP contribution in [0, 0.1) is 20.8 Å². The third-order valence-electron chi connectivity index (χ3n) is 4.17. The van der Waals surface area contributed by atoms with Crippen LogP contribution in [0.1, 0.15) is 40.5 Å². The summed E-state index contributed by atoms with van der Waals surface area (Å²) in [5, 5.41) is 7.92. The highest BCUT2D eigenvalue weighted by atomic mass is 15.3. The van der Waals surface area contributed by atoms with E-state index in [2.05, 4.69) is 55.5 Å². The van der Waals surface area contributed by atoms with Crippen LogP contribution in [0.5, 0.6) is 0 Å². The lowest BCUT2D eigenvalue weighted by Crippen LogP contribution is -2.17. The SMILES string of the molecule is CNC(CCc1c(C)nn(C)c1C)c1ccc(C)cc1. The number of benzene rings is 1. The summed E-state index contributed by atoms with van der Waals surface area (Å²) < 4.78 is 1.98. The zero-order chi connectivity index (χ0) is 14.7. The molecule has 0 saturated heterocycles. The van der Waals surface area contributed by atoms with Crippen molar-refractivity contribution in [3.8, 4) is 0 Å². The van der Waals surface area contributed by atoms with Crippen molar-refractivity contribution < 1.29 is 0 Å². The first-order chi connectivity index (χ1) is 9.52. The Kier molecular flexibility index (Phi) is 4.61. The summed E-state index contributed by atoms with van der Waals surface area (Å²) in [6.45, 7) is 6.37. The van der Waals surface area contributed by atoms with Gasteiger partial charge in [0.1, 0.15) is 0 Å². The molecule has 1 aromatic carbocycles. The quantitative estimate of drug-likeness (QED) is 0.904. The van der Waals surface area contributed by atoms with E-state index in [1.54, 1.807) is 0 Å². The van der Waals surface area contributed by atoms with E-state index in [0.717, 1.165) is 18.5 Å². The molecule has 108 valence electrons. The molecule has 0 radical (unpaired) electrons. The van der Waals surface area contributed by atoms with Crippen LogP contribution in [-0.4, -0.2) is 16.8 Å². The lowest BCUT2D eigenvalue weighted by Gasteiger charge is -2.17. The van der Waals surface area contributed by atoms with Crippen LogP contribution in [0.2, 0.25) is 0 Å². The van der Waals surface area contributed by atoms with Gasteiger partial charge < -0.3 is 5.32 Å². The van der Waals surface area contributed by atoms with Gasteiger partial charge in [-0.1, -0.05) is 29.8 Å². The molecule has 0 aliphatic carbocycles. The average Bonchev–Trinajstić information content (AvgIpc) is 2.67. The second-order valence-corrected chi connectivity index (χ2v) is 5.56.